The fraction of sp³-hybridized carbons (Fsp3) is 0.429. The first kappa shape index (κ1) is 16.2. The van der Waals surface area contributed by atoms with Crippen LogP contribution in [0.1, 0.15) is 18.7 Å². The smallest absolute Gasteiger partial charge is 0.241 e. The van der Waals surface area contributed by atoms with Crippen LogP contribution in [0, 0.1) is 0 Å². The molecule has 0 aliphatic carbocycles. The second-order valence-electron chi connectivity index (χ2n) is 5.16. The quantitative estimate of drug-likeness (QED) is 0.938. The van der Waals surface area contributed by atoms with Gasteiger partial charge in [-0.2, -0.15) is 4.98 Å². The SMILES string of the molecule is Cl.NC1CCCN(Cc2nc(-c3ccc(Cl)cc3)no2)C1. The molecule has 0 radical (unpaired) electrons. The molecule has 1 aromatic carbocycles. The van der Waals surface area contributed by atoms with E-state index >= 15 is 0 Å². The predicted octanol–water partition coefficient (Wildman–Crippen LogP) is 2.73. The van der Waals surface area contributed by atoms with Crippen molar-refractivity contribution in [2.45, 2.75) is 25.4 Å². The molecule has 2 N–H and O–H groups in total. The molecule has 2 heterocycles. The van der Waals surface area contributed by atoms with Gasteiger partial charge in [0.2, 0.25) is 11.7 Å². The van der Waals surface area contributed by atoms with Gasteiger partial charge in [0.15, 0.2) is 0 Å². The van der Waals surface area contributed by atoms with Crippen LogP contribution >= 0.6 is 24.0 Å². The van der Waals surface area contributed by atoms with Gasteiger partial charge in [0.25, 0.3) is 0 Å². The van der Waals surface area contributed by atoms with E-state index in [2.05, 4.69) is 15.0 Å². The Labute approximate surface area is 134 Å². The van der Waals surface area contributed by atoms with Crippen molar-refractivity contribution in [1.29, 1.82) is 0 Å². The molecule has 1 atom stereocenters. The Morgan fingerprint density at radius 3 is 2.81 bits per heavy atom. The Morgan fingerprint density at radius 1 is 1.33 bits per heavy atom. The van der Waals surface area contributed by atoms with Crippen molar-refractivity contribution in [3.8, 4) is 11.4 Å². The summed E-state index contributed by atoms with van der Waals surface area (Å²) >= 11 is 5.86. The number of nitrogens with two attached hydrogens (primary N) is 1. The monoisotopic (exact) mass is 328 g/mol. The summed E-state index contributed by atoms with van der Waals surface area (Å²) in [6, 6.07) is 7.65. The Kier molecular flexibility index (Phi) is 5.58. The highest BCUT2D eigenvalue weighted by Crippen LogP contribution is 2.19. The van der Waals surface area contributed by atoms with Gasteiger partial charge in [-0.3, -0.25) is 4.90 Å². The molecule has 1 aliphatic rings. The van der Waals surface area contributed by atoms with Gasteiger partial charge in [-0.1, -0.05) is 16.8 Å². The van der Waals surface area contributed by atoms with Crippen molar-refractivity contribution in [1.82, 2.24) is 15.0 Å². The third-order valence-electron chi connectivity index (χ3n) is 3.47. The van der Waals surface area contributed by atoms with E-state index in [-0.39, 0.29) is 18.4 Å². The van der Waals surface area contributed by atoms with Gasteiger partial charge in [0, 0.05) is 23.2 Å². The molecule has 0 amide bonds. The van der Waals surface area contributed by atoms with E-state index < -0.39 is 0 Å². The Hall–Kier alpha value is -1.14. The molecular weight excluding hydrogens is 311 g/mol. The molecule has 7 heteroatoms. The summed E-state index contributed by atoms with van der Waals surface area (Å²) in [4.78, 5) is 6.68. The molecule has 3 rings (SSSR count). The normalized spacial score (nSPS) is 19.2. The number of nitrogens with zero attached hydrogens (tertiary/aromatic N) is 3. The van der Waals surface area contributed by atoms with Crippen LogP contribution in [-0.4, -0.2) is 34.2 Å². The molecule has 1 fully saturated rings. The van der Waals surface area contributed by atoms with Crippen LogP contribution in [0.25, 0.3) is 11.4 Å². The lowest BCUT2D eigenvalue weighted by atomic mass is 10.1. The zero-order valence-electron chi connectivity index (χ0n) is 11.5. The van der Waals surface area contributed by atoms with E-state index in [0.29, 0.717) is 23.3 Å². The summed E-state index contributed by atoms with van der Waals surface area (Å²) in [6.45, 7) is 2.58. The highest BCUT2D eigenvalue weighted by molar-refractivity contribution is 6.30. The van der Waals surface area contributed by atoms with Gasteiger partial charge < -0.3 is 10.3 Å². The van der Waals surface area contributed by atoms with Crippen LogP contribution in [0.3, 0.4) is 0 Å². The molecule has 0 bridgehead atoms. The molecule has 21 heavy (non-hydrogen) atoms. The molecule has 1 aromatic heterocycles. The van der Waals surface area contributed by atoms with Crippen molar-refractivity contribution < 1.29 is 4.52 Å². The molecule has 1 unspecified atom stereocenters. The Morgan fingerprint density at radius 2 is 2.10 bits per heavy atom. The summed E-state index contributed by atoms with van der Waals surface area (Å²) in [5.74, 6) is 1.22. The number of piperidine rings is 1. The summed E-state index contributed by atoms with van der Waals surface area (Å²) in [6.07, 6.45) is 2.22. The summed E-state index contributed by atoms with van der Waals surface area (Å²) in [5.41, 5.74) is 6.87. The first-order valence-electron chi connectivity index (χ1n) is 6.77. The first-order valence-corrected chi connectivity index (χ1v) is 7.15. The van der Waals surface area contributed by atoms with Gasteiger partial charge in [0.05, 0.1) is 6.54 Å². The lowest BCUT2D eigenvalue weighted by Crippen LogP contribution is -2.42. The first-order chi connectivity index (χ1) is 9.70. The van der Waals surface area contributed by atoms with E-state index in [1.807, 2.05) is 24.3 Å². The molecule has 5 nitrogen and oxygen atoms in total. The second-order valence-corrected chi connectivity index (χ2v) is 5.59. The minimum absolute atomic E-state index is 0. The van der Waals surface area contributed by atoms with E-state index in [1.54, 1.807) is 0 Å². The molecule has 0 spiro atoms. The number of rotatable bonds is 3. The molecule has 1 aliphatic heterocycles. The number of hydrogen-bond donors (Lipinski definition) is 1. The van der Waals surface area contributed by atoms with Crippen molar-refractivity contribution in [2.24, 2.45) is 5.73 Å². The highest BCUT2D eigenvalue weighted by atomic mass is 35.5. The van der Waals surface area contributed by atoms with E-state index in [4.69, 9.17) is 21.9 Å². The zero-order valence-corrected chi connectivity index (χ0v) is 13.1. The van der Waals surface area contributed by atoms with Crippen LogP contribution < -0.4 is 5.73 Å². The molecule has 2 aromatic rings. The van der Waals surface area contributed by atoms with Crippen molar-refractivity contribution in [3.05, 3.63) is 35.2 Å². The standard InChI is InChI=1S/C14H17ClN4O.ClH/c15-11-5-3-10(4-6-11)14-17-13(20-18-14)9-19-7-1-2-12(16)8-19;/h3-6,12H,1-2,7-9,16H2;1H. The molecule has 114 valence electrons. The van der Waals surface area contributed by atoms with Crippen molar-refractivity contribution in [2.75, 3.05) is 13.1 Å². The maximum atomic E-state index is 5.97. The second kappa shape index (κ2) is 7.22. The fourth-order valence-corrected chi connectivity index (χ4v) is 2.59. The van der Waals surface area contributed by atoms with Crippen molar-refractivity contribution >= 4 is 24.0 Å². The minimum atomic E-state index is 0. The highest BCUT2D eigenvalue weighted by Gasteiger charge is 2.19. The summed E-state index contributed by atoms with van der Waals surface area (Å²) in [5, 5.41) is 4.71. The lowest BCUT2D eigenvalue weighted by molar-refractivity contribution is 0.178. The topological polar surface area (TPSA) is 68.2 Å². The molecular formula is C14H18Cl2N4O. The van der Waals surface area contributed by atoms with Crippen molar-refractivity contribution in [3.63, 3.8) is 0 Å². The van der Waals surface area contributed by atoms with Crippen LogP contribution in [0.15, 0.2) is 28.8 Å². The number of likely N-dealkylation sites (tertiary alicyclic amines) is 1. The largest absolute Gasteiger partial charge is 0.338 e. The van der Waals surface area contributed by atoms with Gasteiger partial charge in [0.1, 0.15) is 0 Å². The fourth-order valence-electron chi connectivity index (χ4n) is 2.46. The average Bonchev–Trinajstić information content (AvgIpc) is 2.88. The van der Waals surface area contributed by atoms with E-state index in [9.17, 15) is 0 Å². The number of benzene rings is 1. The summed E-state index contributed by atoms with van der Waals surface area (Å²) < 4.78 is 5.31. The van der Waals surface area contributed by atoms with Crippen LogP contribution in [0.4, 0.5) is 0 Å². The van der Waals surface area contributed by atoms with Gasteiger partial charge >= 0.3 is 0 Å². The zero-order chi connectivity index (χ0) is 13.9. The Balaban J connectivity index is 0.00000161. The van der Waals surface area contributed by atoms with Gasteiger partial charge in [-0.15, -0.1) is 12.4 Å². The molecule has 1 saturated heterocycles. The predicted molar refractivity (Wildman–Crippen MR) is 84.5 cm³/mol. The number of aromatic nitrogens is 2. The lowest BCUT2D eigenvalue weighted by Gasteiger charge is -2.29. The third kappa shape index (κ3) is 4.17. The third-order valence-corrected chi connectivity index (χ3v) is 3.72. The average molecular weight is 329 g/mol. The maximum absolute atomic E-state index is 5.97. The maximum Gasteiger partial charge on any atom is 0.241 e. The van der Waals surface area contributed by atoms with Crippen LogP contribution in [-0.2, 0) is 6.54 Å². The Bertz CT molecular complexity index is 573. The summed E-state index contributed by atoms with van der Waals surface area (Å²) in [7, 11) is 0. The van der Waals surface area contributed by atoms with E-state index in [1.165, 1.54) is 0 Å². The van der Waals surface area contributed by atoms with Crippen LogP contribution in [0.5, 0.6) is 0 Å². The molecule has 0 saturated carbocycles. The van der Waals surface area contributed by atoms with Gasteiger partial charge in [-0.25, -0.2) is 0 Å². The van der Waals surface area contributed by atoms with E-state index in [0.717, 1.165) is 31.5 Å². The minimum Gasteiger partial charge on any atom is -0.338 e. The number of hydrogen-bond acceptors (Lipinski definition) is 5. The van der Waals surface area contributed by atoms with Crippen LogP contribution in [0.2, 0.25) is 5.02 Å². The van der Waals surface area contributed by atoms with Gasteiger partial charge in [-0.05, 0) is 43.7 Å². The number of halogens is 2.